The van der Waals surface area contributed by atoms with Crippen LogP contribution in [0.15, 0.2) is 36.4 Å². The number of benzene rings is 1. The molecule has 0 bridgehead atoms. The van der Waals surface area contributed by atoms with Gasteiger partial charge in [0.25, 0.3) is 0 Å². The van der Waals surface area contributed by atoms with Crippen molar-refractivity contribution in [3.8, 4) is 0 Å². The molecule has 124 valence electrons. The minimum atomic E-state index is -1.73. The third-order valence-electron chi connectivity index (χ3n) is 3.56. The van der Waals surface area contributed by atoms with E-state index in [0.29, 0.717) is 17.4 Å². The predicted octanol–water partition coefficient (Wildman–Crippen LogP) is 3.72. The van der Waals surface area contributed by atoms with Gasteiger partial charge in [0, 0.05) is 18.4 Å². The Morgan fingerprint density at radius 2 is 1.79 bits per heavy atom. The number of hydrogen-bond acceptors (Lipinski definition) is 5. The number of rotatable bonds is 8. The standard InChI is InChI=1S/C17H12FIO4S/c18-12-3-1-11(2-4-12)13(22)9-17(10-21,7-8-20)16(23)14-5-6-15(19)24-14/h1-6,8,10H,7,9H2. The van der Waals surface area contributed by atoms with E-state index in [1.165, 1.54) is 23.5 Å². The van der Waals surface area contributed by atoms with Crippen LogP contribution in [0.4, 0.5) is 4.39 Å². The van der Waals surface area contributed by atoms with Crippen molar-refractivity contribution in [2.24, 2.45) is 5.41 Å². The first-order valence-electron chi connectivity index (χ1n) is 6.91. The molecule has 2 aromatic rings. The Balaban J connectivity index is 2.34. The van der Waals surface area contributed by atoms with Crippen molar-refractivity contribution in [1.82, 2.24) is 0 Å². The molecule has 2 rings (SSSR count). The van der Waals surface area contributed by atoms with Crippen LogP contribution >= 0.6 is 33.9 Å². The molecule has 1 aromatic carbocycles. The summed E-state index contributed by atoms with van der Waals surface area (Å²) in [5, 5.41) is 0. The summed E-state index contributed by atoms with van der Waals surface area (Å²) in [5.74, 6) is -1.54. The van der Waals surface area contributed by atoms with Crippen LogP contribution in [0.3, 0.4) is 0 Å². The van der Waals surface area contributed by atoms with Crippen molar-refractivity contribution in [1.29, 1.82) is 0 Å². The minimum absolute atomic E-state index is 0.182. The predicted molar refractivity (Wildman–Crippen MR) is 95.9 cm³/mol. The zero-order valence-electron chi connectivity index (χ0n) is 12.3. The Bertz CT molecular complexity index is 784. The fourth-order valence-electron chi connectivity index (χ4n) is 2.24. The van der Waals surface area contributed by atoms with Gasteiger partial charge in [-0.3, -0.25) is 9.59 Å². The molecule has 0 N–H and O–H groups in total. The fourth-order valence-corrected chi connectivity index (χ4v) is 3.91. The second-order valence-electron chi connectivity index (χ2n) is 5.18. The van der Waals surface area contributed by atoms with Crippen LogP contribution in [0.2, 0.25) is 0 Å². The molecule has 0 aliphatic rings. The lowest BCUT2D eigenvalue weighted by Crippen LogP contribution is -2.35. The molecule has 1 aromatic heterocycles. The van der Waals surface area contributed by atoms with E-state index >= 15 is 0 Å². The highest BCUT2D eigenvalue weighted by atomic mass is 127. The average molecular weight is 458 g/mol. The number of carbonyl (C=O) groups is 4. The summed E-state index contributed by atoms with van der Waals surface area (Å²) >= 11 is 3.23. The van der Waals surface area contributed by atoms with E-state index in [-0.39, 0.29) is 12.0 Å². The first-order valence-corrected chi connectivity index (χ1v) is 8.80. The summed E-state index contributed by atoms with van der Waals surface area (Å²) in [5.41, 5.74) is -1.55. The van der Waals surface area contributed by atoms with Crippen LogP contribution < -0.4 is 0 Å². The minimum Gasteiger partial charge on any atom is -0.303 e. The normalized spacial score (nSPS) is 13.1. The third-order valence-corrected chi connectivity index (χ3v) is 5.46. The van der Waals surface area contributed by atoms with Gasteiger partial charge in [-0.1, -0.05) is 0 Å². The number of aldehydes is 2. The van der Waals surface area contributed by atoms with Gasteiger partial charge in [0.2, 0.25) is 0 Å². The molecule has 0 fully saturated rings. The van der Waals surface area contributed by atoms with Crippen molar-refractivity contribution < 1.29 is 23.6 Å². The molecule has 7 heteroatoms. The van der Waals surface area contributed by atoms with Crippen LogP contribution in [-0.2, 0) is 9.59 Å². The SMILES string of the molecule is O=CCC(C=O)(CC(=O)c1ccc(F)cc1)C(=O)c1ccc(I)s1. The maximum Gasteiger partial charge on any atom is 0.186 e. The fraction of sp³-hybridized carbons (Fsp3) is 0.176. The smallest absolute Gasteiger partial charge is 0.186 e. The van der Waals surface area contributed by atoms with E-state index in [4.69, 9.17) is 0 Å². The van der Waals surface area contributed by atoms with Gasteiger partial charge in [0.05, 0.1) is 7.76 Å². The molecule has 0 saturated carbocycles. The molecule has 1 unspecified atom stereocenters. The molecule has 24 heavy (non-hydrogen) atoms. The Hall–Kier alpha value is -1.74. The average Bonchev–Trinajstić information content (AvgIpc) is 3.00. The Labute approximate surface area is 155 Å². The summed E-state index contributed by atoms with van der Waals surface area (Å²) in [6, 6.07) is 8.11. The Kier molecular flexibility index (Phi) is 6.11. The van der Waals surface area contributed by atoms with Gasteiger partial charge < -0.3 is 9.59 Å². The summed E-state index contributed by atoms with van der Waals surface area (Å²) in [4.78, 5) is 48.1. The first-order chi connectivity index (χ1) is 11.4. The zero-order valence-corrected chi connectivity index (χ0v) is 15.3. The Morgan fingerprint density at radius 1 is 1.12 bits per heavy atom. The van der Waals surface area contributed by atoms with Gasteiger partial charge in [-0.2, -0.15) is 0 Å². The van der Waals surface area contributed by atoms with Crippen molar-refractivity contribution in [2.75, 3.05) is 0 Å². The molecular formula is C17H12FIO4S. The topological polar surface area (TPSA) is 68.3 Å². The molecule has 1 heterocycles. The lowest BCUT2D eigenvalue weighted by molar-refractivity contribution is -0.118. The molecular weight excluding hydrogens is 446 g/mol. The second kappa shape index (κ2) is 7.89. The zero-order chi connectivity index (χ0) is 17.7. The van der Waals surface area contributed by atoms with E-state index in [1.807, 2.05) is 22.6 Å². The maximum absolute atomic E-state index is 13.0. The second-order valence-corrected chi connectivity index (χ2v) is 8.16. The van der Waals surface area contributed by atoms with Crippen LogP contribution in [-0.4, -0.2) is 24.1 Å². The van der Waals surface area contributed by atoms with Gasteiger partial charge in [-0.25, -0.2) is 4.39 Å². The van der Waals surface area contributed by atoms with E-state index in [1.54, 1.807) is 12.1 Å². The summed E-state index contributed by atoms with van der Waals surface area (Å²) in [6.45, 7) is 0. The summed E-state index contributed by atoms with van der Waals surface area (Å²) in [7, 11) is 0. The quantitative estimate of drug-likeness (QED) is 0.262. The highest BCUT2D eigenvalue weighted by Crippen LogP contribution is 2.33. The van der Waals surface area contributed by atoms with Crippen LogP contribution in [0.1, 0.15) is 32.9 Å². The summed E-state index contributed by atoms with van der Waals surface area (Å²) < 4.78 is 13.8. The molecule has 0 saturated heterocycles. The monoisotopic (exact) mass is 458 g/mol. The highest BCUT2D eigenvalue weighted by Gasteiger charge is 2.41. The van der Waals surface area contributed by atoms with E-state index < -0.39 is 29.2 Å². The molecule has 0 spiro atoms. The van der Waals surface area contributed by atoms with Gasteiger partial charge >= 0.3 is 0 Å². The molecule has 0 amide bonds. The van der Waals surface area contributed by atoms with Gasteiger partial charge in [-0.05, 0) is 59.0 Å². The van der Waals surface area contributed by atoms with Crippen LogP contribution in [0, 0.1) is 14.1 Å². The first kappa shape index (κ1) is 18.6. The van der Waals surface area contributed by atoms with E-state index in [2.05, 4.69) is 0 Å². The molecule has 1 atom stereocenters. The van der Waals surface area contributed by atoms with Crippen LogP contribution in [0.5, 0.6) is 0 Å². The number of halogens is 2. The lowest BCUT2D eigenvalue weighted by atomic mass is 9.76. The van der Waals surface area contributed by atoms with Crippen molar-refractivity contribution in [3.63, 3.8) is 0 Å². The third kappa shape index (κ3) is 4.02. The number of hydrogen-bond donors (Lipinski definition) is 0. The number of Topliss-reactive ketones (excluding diaryl/α,β-unsaturated/α-hetero) is 2. The number of thiophene rings is 1. The van der Waals surface area contributed by atoms with Gasteiger partial charge in [0.1, 0.15) is 23.8 Å². The van der Waals surface area contributed by atoms with Crippen molar-refractivity contribution >= 4 is 58.1 Å². The largest absolute Gasteiger partial charge is 0.303 e. The molecule has 4 nitrogen and oxygen atoms in total. The molecule has 0 radical (unpaired) electrons. The highest BCUT2D eigenvalue weighted by molar-refractivity contribution is 14.1. The lowest BCUT2D eigenvalue weighted by Gasteiger charge is -2.23. The number of carbonyl (C=O) groups excluding carboxylic acids is 4. The Morgan fingerprint density at radius 3 is 2.29 bits per heavy atom. The number of ketones is 2. The maximum atomic E-state index is 13.0. The van der Waals surface area contributed by atoms with Gasteiger partial charge in [0.15, 0.2) is 11.6 Å². The van der Waals surface area contributed by atoms with E-state index in [0.717, 1.165) is 15.0 Å². The van der Waals surface area contributed by atoms with E-state index in [9.17, 15) is 23.6 Å². The van der Waals surface area contributed by atoms with Crippen molar-refractivity contribution in [3.05, 3.63) is 55.5 Å². The molecule has 0 aliphatic heterocycles. The van der Waals surface area contributed by atoms with Gasteiger partial charge in [-0.15, -0.1) is 11.3 Å². The summed E-state index contributed by atoms with van der Waals surface area (Å²) in [6.07, 6.45) is 0.0193. The molecule has 0 aliphatic carbocycles. The van der Waals surface area contributed by atoms with Crippen molar-refractivity contribution in [2.45, 2.75) is 12.8 Å². The van der Waals surface area contributed by atoms with Crippen LogP contribution in [0.25, 0.3) is 0 Å².